The van der Waals surface area contributed by atoms with Crippen molar-refractivity contribution in [3.8, 4) is 5.75 Å². The number of benzene rings is 1. The highest BCUT2D eigenvalue weighted by atomic mass is 35.5. The van der Waals surface area contributed by atoms with Gasteiger partial charge in [0.1, 0.15) is 23.2 Å². The number of nitrogens with zero attached hydrogens (tertiary/aromatic N) is 1. The molecule has 1 fully saturated rings. The second kappa shape index (κ2) is 10.3. The molecule has 3 amide bonds. The van der Waals surface area contributed by atoms with Gasteiger partial charge in [-0.15, -0.1) is 0 Å². The first-order valence-corrected chi connectivity index (χ1v) is 11.6. The smallest absolute Gasteiger partial charge is 0.411 e. The van der Waals surface area contributed by atoms with Crippen molar-refractivity contribution in [2.75, 3.05) is 13.2 Å². The largest absolute Gasteiger partial charge is 0.484 e. The maximum atomic E-state index is 13.5. The molecular weight excluding hydrogens is 445 g/mol. The van der Waals surface area contributed by atoms with Gasteiger partial charge in [-0.25, -0.2) is 9.18 Å². The van der Waals surface area contributed by atoms with Crippen molar-refractivity contribution in [1.29, 1.82) is 0 Å². The number of primary amides is 1. The number of halogens is 2. The molecular formula is C20H29ClFN3O5Si. The van der Waals surface area contributed by atoms with Crippen molar-refractivity contribution in [3.05, 3.63) is 29.0 Å². The third kappa shape index (κ3) is 7.39. The Morgan fingerprint density at radius 1 is 1.32 bits per heavy atom. The number of carbonyl (C=O) groups excluding carboxylic acids is 3. The Labute approximate surface area is 189 Å². The van der Waals surface area contributed by atoms with Crippen LogP contribution in [0.1, 0.15) is 33.6 Å². The molecule has 11 heteroatoms. The number of ether oxygens (including phenoxy) is 2. The second-order valence-electron chi connectivity index (χ2n) is 8.64. The Hall–Kier alpha value is -2.33. The molecule has 8 nitrogen and oxygen atoms in total. The maximum absolute atomic E-state index is 13.5. The molecule has 1 aromatic rings. The van der Waals surface area contributed by atoms with Crippen LogP contribution in [0.2, 0.25) is 10.6 Å². The van der Waals surface area contributed by atoms with Crippen molar-refractivity contribution in [1.82, 2.24) is 10.2 Å². The van der Waals surface area contributed by atoms with Crippen molar-refractivity contribution in [2.24, 2.45) is 5.73 Å². The maximum Gasteiger partial charge on any atom is 0.411 e. The fourth-order valence-corrected chi connectivity index (χ4v) is 4.10. The highest BCUT2D eigenvalue weighted by Crippen LogP contribution is 2.26. The van der Waals surface area contributed by atoms with Crippen LogP contribution in [0, 0.1) is 5.82 Å². The van der Waals surface area contributed by atoms with Crippen LogP contribution in [0.4, 0.5) is 9.18 Å². The average Bonchev–Trinajstić information content (AvgIpc) is 2.81. The number of hydrogen-bond acceptors (Lipinski definition) is 5. The average molecular weight is 474 g/mol. The normalized spacial score (nSPS) is 21.8. The van der Waals surface area contributed by atoms with Crippen molar-refractivity contribution >= 4 is 39.8 Å². The standard InChI is InChI=1S/C20H29ClFN3O5Si/c1-20(2,3)30-19(28)25-9-14(16(31)7-6-15(25)18(23)27)24-17(26)10-29-11-4-5-12(21)13(22)8-11/h4-5,8,14-16H,6-7,9-10H2,1-3,31H3,(H2,23,27)(H,24,26)/t14-,15-,16?/m1/s1. The number of rotatable bonds is 5. The number of likely N-dealkylation sites (tertiary alicyclic amines) is 1. The number of carbonyl (C=O) groups is 3. The summed E-state index contributed by atoms with van der Waals surface area (Å²) >= 11 is 5.64. The van der Waals surface area contributed by atoms with Gasteiger partial charge < -0.3 is 20.5 Å². The molecule has 1 aliphatic heterocycles. The van der Waals surface area contributed by atoms with Crippen LogP contribution in [0.3, 0.4) is 0 Å². The summed E-state index contributed by atoms with van der Waals surface area (Å²) in [5.41, 5.74) is 4.89. The Morgan fingerprint density at radius 3 is 2.58 bits per heavy atom. The van der Waals surface area contributed by atoms with Gasteiger partial charge in [-0.05, 0) is 51.3 Å². The van der Waals surface area contributed by atoms with Gasteiger partial charge in [0, 0.05) is 28.9 Å². The zero-order chi connectivity index (χ0) is 23.3. The number of nitrogens with two attached hydrogens (primary N) is 1. The van der Waals surface area contributed by atoms with Gasteiger partial charge in [-0.3, -0.25) is 14.5 Å². The van der Waals surface area contributed by atoms with Gasteiger partial charge in [0.05, 0.1) is 5.02 Å². The molecule has 1 heterocycles. The summed E-state index contributed by atoms with van der Waals surface area (Å²) in [5.74, 6) is -1.51. The SMILES string of the molecule is CC(C)(C)OC(=O)N1C[C@@H](NC(=O)COc2ccc(Cl)c(F)c2)C([SiH3])CC[C@@H]1C(N)=O. The lowest BCUT2D eigenvalue weighted by Gasteiger charge is -2.32. The molecule has 1 aliphatic rings. The molecule has 0 bridgehead atoms. The summed E-state index contributed by atoms with van der Waals surface area (Å²) in [6.45, 7) is 4.95. The van der Waals surface area contributed by atoms with Crippen LogP contribution >= 0.6 is 11.6 Å². The van der Waals surface area contributed by atoms with Gasteiger partial charge in [0.25, 0.3) is 5.91 Å². The molecule has 1 aromatic carbocycles. The molecule has 2 rings (SSSR count). The topological polar surface area (TPSA) is 111 Å². The summed E-state index contributed by atoms with van der Waals surface area (Å²) in [6.07, 6.45) is 0.377. The van der Waals surface area contributed by atoms with Crippen molar-refractivity contribution in [2.45, 2.75) is 56.8 Å². The van der Waals surface area contributed by atoms with Gasteiger partial charge in [0.15, 0.2) is 6.61 Å². The van der Waals surface area contributed by atoms with E-state index in [-0.39, 0.29) is 35.5 Å². The summed E-state index contributed by atoms with van der Waals surface area (Å²) in [5, 5.41) is 2.82. The molecule has 1 unspecified atom stereocenters. The van der Waals surface area contributed by atoms with E-state index in [4.69, 9.17) is 26.8 Å². The monoisotopic (exact) mass is 473 g/mol. The van der Waals surface area contributed by atoms with Crippen LogP contribution in [0.25, 0.3) is 0 Å². The summed E-state index contributed by atoms with van der Waals surface area (Å²) in [6, 6.07) is 2.70. The lowest BCUT2D eigenvalue weighted by atomic mass is 10.1. The number of nitrogens with one attached hydrogen (secondary N) is 1. The predicted octanol–water partition coefficient (Wildman–Crippen LogP) is 1.38. The molecule has 0 spiro atoms. The molecule has 1 saturated heterocycles. The van der Waals surface area contributed by atoms with Crippen LogP contribution in [-0.4, -0.2) is 63.9 Å². The van der Waals surface area contributed by atoms with Crippen LogP contribution in [0.5, 0.6) is 5.75 Å². The lowest BCUT2D eigenvalue weighted by molar-refractivity contribution is -0.124. The fourth-order valence-electron chi connectivity index (χ4n) is 3.27. The lowest BCUT2D eigenvalue weighted by Crippen LogP contribution is -2.54. The van der Waals surface area contributed by atoms with E-state index >= 15 is 0 Å². The Morgan fingerprint density at radius 2 is 2.00 bits per heavy atom. The molecule has 172 valence electrons. The zero-order valence-electron chi connectivity index (χ0n) is 18.1. The van der Waals surface area contributed by atoms with Crippen molar-refractivity contribution < 1.29 is 28.2 Å². The van der Waals surface area contributed by atoms with Crippen LogP contribution in [-0.2, 0) is 14.3 Å². The molecule has 31 heavy (non-hydrogen) atoms. The van der Waals surface area contributed by atoms with Crippen LogP contribution < -0.4 is 15.8 Å². The van der Waals surface area contributed by atoms with E-state index in [9.17, 15) is 18.8 Å². The minimum atomic E-state index is -0.804. The van der Waals surface area contributed by atoms with E-state index in [2.05, 4.69) is 5.32 Å². The molecule has 0 aliphatic carbocycles. The Balaban J connectivity index is 2.07. The van der Waals surface area contributed by atoms with E-state index < -0.39 is 35.4 Å². The highest BCUT2D eigenvalue weighted by Gasteiger charge is 2.38. The molecule has 3 atom stereocenters. The predicted molar refractivity (Wildman–Crippen MR) is 118 cm³/mol. The Bertz CT molecular complexity index is 836. The second-order valence-corrected chi connectivity index (χ2v) is 10.5. The molecule has 0 saturated carbocycles. The van der Waals surface area contributed by atoms with E-state index in [1.807, 2.05) is 0 Å². The molecule has 3 N–H and O–H groups in total. The van der Waals surface area contributed by atoms with Gasteiger partial charge in [-0.2, -0.15) is 0 Å². The van der Waals surface area contributed by atoms with Crippen molar-refractivity contribution in [3.63, 3.8) is 0 Å². The summed E-state index contributed by atoms with van der Waals surface area (Å²) < 4.78 is 24.3. The molecule has 0 radical (unpaired) electrons. The zero-order valence-corrected chi connectivity index (χ0v) is 20.9. The molecule has 0 aromatic heterocycles. The minimum Gasteiger partial charge on any atom is -0.484 e. The number of hydrogen-bond donors (Lipinski definition) is 2. The Kier molecular flexibility index (Phi) is 8.30. The fraction of sp³-hybridized carbons (Fsp3) is 0.550. The third-order valence-corrected chi connectivity index (χ3v) is 6.60. The van der Waals surface area contributed by atoms with E-state index in [0.29, 0.717) is 12.8 Å². The van der Waals surface area contributed by atoms with E-state index in [0.717, 1.165) is 16.3 Å². The third-order valence-electron chi connectivity index (χ3n) is 4.92. The summed E-state index contributed by atoms with van der Waals surface area (Å²) in [4.78, 5) is 38.4. The highest BCUT2D eigenvalue weighted by molar-refractivity contribution is 6.30. The van der Waals surface area contributed by atoms with E-state index in [1.54, 1.807) is 20.8 Å². The van der Waals surface area contributed by atoms with E-state index in [1.165, 1.54) is 17.0 Å². The summed E-state index contributed by atoms with van der Waals surface area (Å²) in [7, 11) is 0.731. The first kappa shape index (κ1) is 24.9. The minimum absolute atomic E-state index is 0.0414. The van der Waals surface area contributed by atoms with Gasteiger partial charge in [0.2, 0.25) is 5.91 Å². The van der Waals surface area contributed by atoms with Gasteiger partial charge in [-0.1, -0.05) is 11.6 Å². The van der Waals surface area contributed by atoms with Crippen LogP contribution in [0.15, 0.2) is 18.2 Å². The van der Waals surface area contributed by atoms with Gasteiger partial charge >= 0.3 is 6.09 Å². The first-order valence-electron chi connectivity index (χ1n) is 10.0. The number of amides is 3. The quantitative estimate of drug-likeness (QED) is 0.627. The first-order chi connectivity index (χ1) is 14.4.